The largest absolute Gasteiger partial charge is 0.299 e. The van der Waals surface area contributed by atoms with Crippen LogP contribution in [0.2, 0.25) is 0 Å². The first-order valence-corrected chi connectivity index (χ1v) is 9.18. The molecule has 21 heavy (non-hydrogen) atoms. The number of ketones is 1. The van der Waals surface area contributed by atoms with E-state index in [1.54, 1.807) is 5.57 Å². The van der Waals surface area contributed by atoms with E-state index in [-0.39, 0.29) is 5.41 Å². The van der Waals surface area contributed by atoms with Crippen LogP contribution in [0.5, 0.6) is 0 Å². The third-order valence-electron chi connectivity index (χ3n) is 8.06. The summed E-state index contributed by atoms with van der Waals surface area (Å²) in [5.41, 5.74) is 2.27. The molecule has 6 atom stereocenters. The lowest BCUT2D eigenvalue weighted by Crippen LogP contribution is -2.50. The van der Waals surface area contributed by atoms with Crippen LogP contribution < -0.4 is 0 Å². The molecular weight excluding hydrogens is 256 g/mol. The molecule has 0 aromatic rings. The van der Waals surface area contributed by atoms with E-state index in [0.29, 0.717) is 17.1 Å². The van der Waals surface area contributed by atoms with Crippen molar-refractivity contribution in [3.05, 3.63) is 11.6 Å². The highest BCUT2D eigenvalue weighted by Crippen LogP contribution is 2.64. The van der Waals surface area contributed by atoms with E-state index in [2.05, 4.69) is 26.8 Å². The predicted molar refractivity (Wildman–Crippen MR) is 85.9 cm³/mol. The average molecular weight is 286 g/mol. The smallest absolute Gasteiger partial charge is 0.139 e. The fraction of sp³-hybridized carbons (Fsp3) is 0.850. The fourth-order valence-corrected chi connectivity index (χ4v) is 6.61. The third kappa shape index (κ3) is 1.79. The van der Waals surface area contributed by atoms with Crippen molar-refractivity contribution < 1.29 is 4.79 Å². The van der Waals surface area contributed by atoms with Gasteiger partial charge in [0, 0.05) is 11.8 Å². The van der Waals surface area contributed by atoms with E-state index >= 15 is 0 Å². The van der Waals surface area contributed by atoms with E-state index < -0.39 is 0 Å². The van der Waals surface area contributed by atoms with Crippen LogP contribution in [0.4, 0.5) is 0 Å². The number of Topliss-reactive ketones (excluding diaryl/α,β-unsaturated/α-hetero) is 1. The first kappa shape index (κ1) is 14.0. The van der Waals surface area contributed by atoms with Crippen molar-refractivity contribution in [2.75, 3.05) is 0 Å². The minimum absolute atomic E-state index is 0.0326. The molecule has 0 bridgehead atoms. The van der Waals surface area contributed by atoms with Crippen LogP contribution in [0.15, 0.2) is 11.6 Å². The van der Waals surface area contributed by atoms with Gasteiger partial charge in [0.05, 0.1) is 0 Å². The number of carbonyl (C=O) groups excluding carboxylic acids is 1. The SMILES string of the molecule is C[C@H]1CC[C@@]2(C)C(=CC[C@@H]3C2CC[C@]2(C)C(=O)CCC32)C1. The van der Waals surface area contributed by atoms with E-state index in [9.17, 15) is 4.79 Å². The Morgan fingerprint density at radius 1 is 1.05 bits per heavy atom. The molecule has 1 nitrogen and oxygen atoms in total. The molecule has 3 fully saturated rings. The van der Waals surface area contributed by atoms with Crippen molar-refractivity contribution in [1.82, 2.24) is 0 Å². The van der Waals surface area contributed by atoms with Crippen LogP contribution >= 0.6 is 0 Å². The number of allylic oxidation sites excluding steroid dienone is 2. The highest BCUT2D eigenvalue weighted by Gasteiger charge is 2.58. The van der Waals surface area contributed by atoms with Gasteiger partial charge < -0.3 is 0 Å². The van der Waals surface area contributed by atoms with E-state index in [1.165, 1.54) is 38.5 Å². The van der Waals surface area contributed by atoms with Gasteiger partial charge in [0.25, 0.3) is 0 Å². The first-order valence-electron chi connectivity index (χ1n) is 9.18. The molecule has 0 N–H and O–H groups in total. The highest BCUT2D eigenvalue weighted by molar-refractivity contribution is 5.87. The molecule has 0 aliphatic heterocycles. The topological polar surface area (TPSA) is 17.1 Å². The lowest BCUT2D eigenvalue weighted by molar-refractivity contribution is -0.131. The molecule has 0 amide bonds. The minimum atomic E-state index is 0.0326. The summed E-state index contributed by atoms with van der Waals surface area (Å²) in [6, 6.07) is 0. The van der Waals surface area contributed by atoms with E-state index in [1.807, 2.05) is 0 Å². The Kier molecular flexibility index (Phi) is 2.98. The maximum atomic E-state index is 12.4. The van der Waals surface area contributed by atoms with Gasteiger partial charge in [-0.1, -0.05) is 32.4 Å². The van der Waals surface area contributed by atoms with Crippen molar-refractivity contribution in [3.63, 3.8) is 0 Å². The van der Waals surface area contributed by atoms with Gasteiger partial charge in [0.1, 0.15) is 5.78 Å². The Bertz CT molecular complexity index is 504. The summed E-state index contributed by atoms with van der Waals surface area (Å²) in [7, 11) is 0. The van der Waals surface area contributed by atoms with Crippen molar-refractivity contribution in [2.24, 2.45) is 34.5 Å². The Morgan fingerprint density at radius 3 is 2.57 bits per heavy atom. The van der Waals surface area contributed by atoms with Gasteiger partial charge in [-0.3, -0.25) is 4.79 Å². The Labute approximate surface area is 129 Å². The van der Waals surface area contributed by atoms with Gasteiger partial charge in [0.15, 0.2) is 0 Å². The summed E-state index contributed by atoms with van der Waals surface area (Å²) in [6.45, 7) is 7.26. The zero-order chi connectivity index (χ0) is 14.8. The maximum Gasteiger partial charge on any atom is 0.139 e. The Balaban J connectivity index is 1.69. The van der Waals surface area contributed by atoms with Crippen LogP contribution in [0, 0.1) is 34.5 Å². The molecular formula is C20H30O. The second kappa shape index (κ2) is 4.46. The van der Waals surface area contributed by atoms with E-state index in [4.69, 9.17) is 0 Å². The van der Waals surface area contributed by atoms with Gasteiger partial charge >= 0.3 is 0 Å². The van der Waals surface area contributed by atoms with Crippen LogP contribution in [0.1, 0.15) is 72.1 Å². The molecule has 0 heterocycles. The van der Waals surface area contributed by atoms with Crippen molar-refractivity contribution >= 4 is 5.78 Å². The van der Waals surface area contributed by atoms with Gasteiger partial charge in [-0.25, -0.2) is 0 Å². The standard InChI is InChI=1S/C20H30O/c1-13-8-10-19(2)14(12-13)4-5-15-16-6-7-18(21)20(16,3)11-9-17(15)19/h4,13,15-17H,5-12H2,1-3H3/t13-,15-,16?,17?,19-,20-/m0/s1. The van der Waals surface area contributed by atoms with Gasteiger partial charge in [-0.2, -0.15) is 0 Å². The summed E-state index contributed by atoms with van der Waals surface area (Å²) < 4.78 is 0. The summed E-state index contributed by atoms with van der Waals surface area (Å²) in [6.07, 6.45) is 12.5. The number of hydrogen-bond acceptors (Lipinski definition) is 1. The average Bonchev–Trinajstić information content (AvgIpc) is 2.76. The molecule has 116 valence electrons. The van der Waals surface area contributed by atoms with Crippen molar-refractivity contribution in [1.29, 1.82) is 0 Å². The van der Waals surface area contributed by atoms with Crippen LogP contribution in [-0.2, 0) is 4.79 Å². The zero-order valence-electron chi connectivity index (χ0n) is 14.0. The monoisotopic (exact) mass is 286 g/mol. The quantitative estimate of drug-likeness (QED) is 0.562. The molecule has 0 aromatic carbocycles. The minimum Gasteiger partial charge on any atom is -0.299 e. The Hall–Kier alpha value is -0.590. The lowest BCUT2D eigenvalue weighted by Gasteiger charge is -2.57. The Morgan fingerprint density at radius 2 is 1.76 bits per heavy atom. The molecule has 0 radical (unpaired) electrons. The normalized spacial score (nSPS) is 52.7. The number of hydrogen-bond donors (Lipinski definition) is 0. The highest BCUT2D eigenvalue weighted by atomic mass is 16.1. The second-order valence-corrected chi connectivity index (χ2v) is 9.03. The number of carbonyl (C=O) groups is 1. The molecule has 0 spiro atoms. The molecule has 4 aliphatic rings. The molecule has 2 unspecified atom stereocenters. The molecule has 3 saturated carbocycles. The van der Waals surface area contributed by atoms with Gasteiger partial charge in [-0.05, 0) is 74.0 Å². The molecule has 4 rings (SSSR count). The maximum absolute atomic E-state index is 12.4. The third-order valence-corrected chi connectivity index (χ3v) is 8.06. The van der Waals surface area contributed by atoms with E-state index in [0.717, 1.165) is 30.6 Å². The van der Waals surface area contributed by atoms with Crippen molar-refractivity contribution in [3.8, 4) is 0 Å². The van der Waals surface area contributed by atoms with Crippen LogP contribution in [-0.4, -0.2) is 5.78 Å². The van der Waals surface area contributed by atoms with Crippen molar-refractivity contribution in [2.45, 2.75) is 72.1 Å². The lowest BCUT2D eigenvalue weighted by atomic mass is 9.47. The molecule has 4 aliphatic carbocycles. The molecule has 1 heteroatoms. The molecule has 0 aromatic heterocycles. The predicted octanol–water partition coefficient (Wildman–Crippen LogP) is 5.15. The summed E-state index contributed by atoms with van der Waals surface area (Å²) in [4.78, 5) is 12.4. The molecule has 0 saturated heterocycles. The summed E-state index contributed by atoms with van der Waals surface area (Å²) in [5, 5.41) is 0. The van der Waals surface area contributed by atoms with Gasteiger partial charge in [0.2, 0.25) is 0 Å². The first-order chi connectivity index (χ1) is 9.95. The number of fused-ring (bicyclic) bond motifs is 5. The fourth-order valence-electron chi connectivity index (χ4n) is 6.61. The van der Waals surface area contributed by atoms with Gasteiger partial charge in [-0.15, -0.1) is 0 Å². The zero-order valence-corrected chi connectivity index (χ0v) is 14.0. The van der Waals surface area contributed by atoms with Crippen LogP contribution in [0.3, 0.4) is 0 Å². The number of rotatable bonds is 0. The summed E-state index contributed by atoms with van der Waals surface area (Å²) in [5.74, 6) is 3.77. The second-order valence-electron chi connectivity index (χ2n) is 9.03. The summed E-state index contributed by atoms with van der Waals surface area (Å²) >= 11 is 0. The van der Waals surface area contributed by atoms with Crippen LogP contribution in [0.25, 0.3) is 0 Å².